The molecule has 1 aliphatic heterocycles. The quantitative estimate of drug-likeness (QED) is 0.858. The maximum Gasteiger partial charge on any atom is 0.0407 e. The second-order valence-corrected chi connectivity index (χ2v) is 6.21. The summed E-state index contributed by atoms with van der Waals surface area (Å²) < 4.78 is 1.20. The molecular formula is C14H20BrN. The first-order chi connectivity index (χ1) is 7.51. The van der Waals surface area contributed by atoms with Crippen LogP contribution in [0, 0.1) is 0 Å². The van der Waals surface area contributed by atoms with E-state index in [-0.39, 0.29) is 5.54 Å². The van der Waals surface area contributed by atoms with E-state index in [1.54, 1.807) is 0 Å². The SMILES string of the molecule is CC(C)c1cc(Br)cc(C2(C)CCCN2)c1. The third-order valence-electron chi connectivity index (χ3n) is 3.59. The maximum absolute atomic E-state index is 3.62. The molecule has 16 heavy (non-hydrogen) atoms. The molecule has 1 unspecified atom stereocenters. The molecule has 1 saturated heterocycles. The van der Waals surface area contributed by atoms with Gasteiger partial charge in [0.15, 0.2) is 0 Å². The number of hydrogen-bond donors (Lipinski definition) is 1. The van der Waals surface area contributed by atoms with Crippen molar-refractivity contribution in [1.82, 2.24) is 5.32 Å². The van der Waals surface area contributed by atoms with Gasteiger partial charge in [-0.25, -0.2) is 0 Å². The Morgan fingerprint density at radius 3 is 2.62 bits per heavy atom. The van der Waals surface area contributed by atoms with Crippen molar-refractivity contribution in [2.75, 3.05) is 6.54 Å². The molecule has 1 aromatic rings. The van der Waals surface area contributed by atoms with Crippen molar-refractivity contribution >= 4 is 15.9 Å². The van der Waals surface area contributed by atoms with Gasteiger partial charge in [0.05, 0.1) is 0 Å². The van der Waals surface area contributed by atoms with Crippen molar-refractivity contribution in [3.05, 3.63) is 33.8 Å². The molecule has 2 heteroatoms. The maximum atomic E-state index is 3.62. The highest BCUT2D eigenvalue weighted by molar-refractivity contribution is 9.10. The van der Waals surface area contributed by atoms with Gasteiger partial charge in [0, 0.05) is 10.0 Å². The highest BCUT2D eigenvalue weighted by atomic mass is 79.9. The topological polar surface area (TPSA) is 12.0 Å². The van der Waals surface area contributed by atoms with Crippen molar-refractivity contribution in [3.63, 3.8) is 0 Å². The smallest absolute Gasteiger partial charge is 0.0407 e. The molecule has 1 nitrogen and oxygen atoms in total. The molecule has 0 saturated carbocycles. The fourth-order valence-corrected chi connectivity index (χ4v) is 2.92. The van der Waals surface area contributed by atoms with E-state index < -0.39 is 0 Å². The summed E-state index contributed by atoms with van der Waals surface area (Å²) >= 11 is 3.62. The molecule has 88 valence electrons. The molecular weight excluding hydrogens is 262 g/mol. The van der Waals surface area contributed by atoms with Crippen LogP contribution in [0.2, 0.25) is 0 Å². The molecule has 1 aromatic carbocycles. The first kappa shape index (κ1) is 12.1. The molecule has 1 fully saturated rings. The zero-order valence-corrected chi connectivity index (χ0v) is 11.9. The minimum atomic E-state index is 0.174. The van der Waals surface area contributed by atoms with Crippen molar-refractivity contribution in [3.8, 4) is 0 Å². The van der Waals surface area contributed by atoms with Crippen LogP contribution in [0.25, 0.3) is 0 Å². The zero-order valence-electron chi connectivity index (χ0n) is 10.3. The number of hydrogen-bond acceptors (Lipinski definition) is 1. The Bertz CT molecular complexity index is 378. The van der Waals surface area contributed by atoms with Crippen LogP contribution in [0.4, 0.5) is 0 Å². The Morgan fingerprint density at radius 1 is 1.31 bits per heavy atom. The van der Waals surface area contributed by atoms with Gasteiger partial charge in [-0.15, -0.1) is 0 Å². The van der Waals surface area contributed by atoms with E-state index in [4.69, 9.17) is 0 Å². The Morgan fingerprint density at radius 2 is 2.06 bits per heavy atom. The number of halogens is 1. The molecule has 0 aromatic heterocycles. The lowest BCUT2D eigenvalue weighted by atomic mass is 9.88. The molecule has 0 amide bonds. The monoisotopic (exact) mass is 281 g/mol. The number of benzene rings is 1. The van der Waals surface area contributed by atoms with Gasteiger partial charge in [0.25, 0.3) is 0 Å². The van der Waals surface area contributed by atoms with Crippen LogP contribution in [0.5, 0.6) is 0 Å². The van der Waals surface area contributed by atoms with Crippen LogP contribution in [0.3, 0.4) is 0 Å². The molecule has 0 radical (unpaired) electrons. The Hall–Kier alpha value is -0.340. The largest absolute Gasteiger partial charge is 0.308 e. The van der Waals surface area contributed by atoms with Gasteiger partial charge in [-0.3, -0.25) is 0 Å². The van der Waals surface area contributed by atoms with Crippen LogP contribution >= 0.6 is 15.9 Å². The summed E-state index contributed by atoms with van der Waals surface area (Å²) in [5.74, 6) is 0.584. The van der Waals surface area contributed by atoms with Crippen LogP contribution in [0.15, 0.2) is 22.7 Å². The first-order valence-corrected chi connectivity index (χ1v) is 6.86. The van der Waals surface area contributed by atoms with Crippen molar-refractivity contribution in [2.24, 2.45) is 0 Å². The summed E-state index contributed by atoms with van der Waals surface area (Å²) in [6, 6.07) is 6.84. The van der Waals surface area contributed by atoms with Gasteiger partial charge < -0.3 is 5.32 Å². The van der Waals surface area contributed by atoms with Gasteiger partial charge >= 0.3 is 0 Å². The van der Waals surface area contributed by atoms with E-state index in [9.17, 15) is 0 Å². The predicted octanol–water partition coefficient (Wildman–Crippen LogP) is 4.17. The molecule has 0 aliphatic carbocycles. The summed E-state index contributed by atoms with van der Waals surface area (Å²) in [5, 5.41) is 3.62. The lowest BCUT2D eigenvalue weighted by Crippen LogP contribution is -2.33. The van der Waals surface area contributed by atoms with Gasteiger partial charge in [-0.1, -0.05) is 35.8 Å². The van der Waals surface area contributed by atoms with Crippen LogP contribution in [-0.4, -0.2) is 6.54 Å². The summed E-state index contributed by atoms with van der Waals surface area (Å²) in [6.07, 6.45) is 2.51. The standard InChI is InChI=1S/C14H20BrN/c1-10(2)11-7-12(9-13(15)8-11)14(3)5-4-6-16-14/h7-10,16H,4-6H2,1-3H3. The summed E-state index contributed by atoms with van der Waals surface area (Å²) in [7, 11) is 0. The minimum Gasteiger partial charge on any atom is -0.308 e. The van der Waals surface area contributed by atoms with E-state index in [1.165, 1.54) is 28.4 Å². The highest BCUT2D eigenvalue weighted by Crippen LogP contribution is 2.33. The van der Waals surface area contributed by atoms with E-state index in [2.05, 4.69) is 60.2 Å². The normalized spacial score (nSPS) is 25.3. The molecule has 2 rings (SSSR count). The molecule has 0 spiro atoms. The molecule has 1 N–H and O–H groups in total. The molecule has 1 aliphatic rings. The summed E-state index contributed by atoms with van der Waals surface area (Å²) in [6.45, 7) is 7.94. The lowest BCUT2D eigenvalue weighted by Gasteiger charge is -2.26. The first-order valence-electron chi connectivity index (χ1n) is 6.07. The van der Waals surface area contributed by atoms with Crippen LogP contribution < -0.4 is 5.32 Å². The summed E-state index contributed by atoms with van der Waals surface area (Å²) in [5.41, 5.74) is 3.01. The van der Waals surface area contributed by atoms with E-state index in [0.717, 1.165) is 6.54 Å². The minimum absolute atomic E-state index is 0.174. The molecule has 0 bridgehead atoms. The van der Waals surface area contributed by atoms with E-state index >= 15 is 0 Å². The van der Waals surface area contributed by atoms with E-state index in [0.29, 0.717) is 5.92 Å². The third kappa shape index (κ3) is 2.33. The van der Waals surface area contributed by atoms with E-state index in [1.807, 2.05) is 0 Å². The second-order valence-electron chi connectivity index (χ2n) is 5.29. The predicted molar refractivity (Wildman–Crippen MR) is 72.8 cm³/mol. The Balaban J connectivity index is 2.40. The van der Waals surface area contributed by atoms with Crippen molar-refractivity contribution < 1.29 is 0 Å². The van der Waals surface area contributed by atoms with Crippen LogP contribution in [0.1, 0.15) is 50.7 Å². The number of rotatable bonds is 2. The average Bonchev–Trinajstić information content (AvgIpc) is 2.65. The Labute approximate surface area is 107 Å². The van der Waals surface area contributed by atoms with Gasteiger partial charge in [0.2, 0.25) is 0 Å². The third-order valence-corrected chi connectivity index (χ3v) is 4.05. The fraction of sp³-hybridized carbons (Fsp3) is 0.571. The average molecular weight is 282 g/mol. The lowest BCUT2D eigenvalue weighted by molar-refractivity contribution is 0.434. The van der Waals surface area contributed by atoms with Crippen LogP contribution in [-0.2, 0) is 5.54 Å². The molecule has 1 heterocycles. The Kier molecular flexibility index (Phi) is 3.41. The molecule has 1 atom stereocenters. The zero-order chi connectivity index (χ0) is 11.8. The summed E-state index contributed by atoms with van der Waals surface area (Å²) in [4.78, 5) is 0. The van der Waals surface area contributed by atoms with Crippen molar-refractivity contribution in [2.45, 2.75) is 45.1 Å². The van der Waals surface area contributed by atoms with Gasteiger partial charge in [0.1, 0.15) is 0 Å². The number of nitrogens with one attached hydrogen (secondary N) is 1. The second kappa shape index (κ2) is 4.50. The highest BCUT2D eigenvalue weighted by Gasteiger charge is 2.30. The fourth-order valence-electron chi connectivity index (χ4n) is 2.41. The van der Waals surface area contributed by atoms with Gasteiger partial charge in [-0.2, -0.15) is 0 Å². The van der Waals surface area contributed by atoms with Crippen molar-refractivity contribution in [1.29, 1.82) is 0 Å². The van der Waals surface area contributed by atoms with Gasteiger partial charge in [-0.05, 0) is 55.5 Å².